The number of aromatic nitrogens is 4. The molecule has 154 valence electrons. The number of nitrogens with zero attached hydrogens (tertiary/aromatic N) is 3. The number of H-pyrrole nitrogens is 1. The third-order valence-corrected chi connectivity index (χ3v) is 5.02. The summed E-state index contributed by atoms with van der Waals surface area (Å²) >= 11 is 0. The van der Waals surface area contributed by atoms with Gasteiger partial charge in [0.2, 0.25) is 0 Å². The van der Waals surface area contributed by atoms with E-state index in [1.807, 2.05) is 67.7 Å². The van der Waals surface area contributed by atoms with Crippen molar-refractivity contribution in [2.75, 3.05) is 0 Å². The second kappa shape index (κ2) is 8.23. The van der Waals surface area contributed by atoms with Gasteiger partial charge in [-0.25, -0.2) is 9.48 Å². The number of hydrogen-bond acceptors (Lipinski definition) is 4. The Bertz CT molecular complexity index is 1410. The molecule has 1 N–H and O–H groups in total. The minimum atomic E-state index is -0.641. The Hall–Kier alpha value is -4.26. The molecule has 0 aliphatic carbocycles. The van der Waals surface area contributed by atoms with E-state index in [1.54, 1.807) is 10.8 Å². The van der Waals surface area contributed by atoms with E-state index in [-0.39, 0.29) is 5.56 Å². The number of ketones is 1. The zero-order chi connectivity index (χ0) is 22.0. The molecule has 0 spiro atoms. The van der Waals surface area contributed by atoms with Crippen LogP contribution in [-0.4, -0.2) is 25.1 Å². The number of aryl methyl sites for hydroxylation is 1. The first-order chi connectivity index (χ1) is 15.0. The number of nitrogens with one attached hydrogen (secondary N) is 1. The van der Waals surface area contributed by atoms with Gasteiger partial charge in [-0.1, -0.05) is 42.5 Å². The van der Waals surface area contributed by atoms with E-state index in [0.717, 1.165) is 38.8 Å². The van der Waals surface area contributed by atoms with Crippen molar-refractivity contribution in [2.24, 2.45) is 7.05 Å². The van der Waals surface area contributed by atoms with Crippen LogP contribution in [0.1, 0.15) is 21.5 Å². The Morgan fingerprint density at radius 1 is 1.03 bits per heavy atom. The Kier molecular flexibility index (Phi) is 5.32. The molecule has 0 saturated heterocycles. The van der Waals surface area contributed by atoms with Crippen molar-refractivity contribution in [2.45, 2.75) is 6.92 Å². The second-order valence-electron chi connectivity index (χ2n) is 7.10. The fourth-order valence-corrected chi connectivity index (χ4v) is 3.27. The van der Waals surface area contributed by atoms with E-state index in [0.29, 0.717) is 0 Å². The fraction of sp³-hybridized carbons (Fsp3) is 0.0833. The van der Waals surface area contributed by atoms with Gasteiger partial charge in [0.25, 0.3) is 5.56 Å². The summed E-state index contributed by atoms with van der Waals surface area (Å²) in [7, 11) is 1.32. The second-order valence-corrected chi connectivity index (χ2v) is 7.10. The van der Waals surface area contributed by atoms with Crippen LogP contribution in [0.5, 0.6) is 0 Å². The van der Waals surface area contributed by atoms with E-state index < -0.39 is 17.0 Å². The van der Waals surface area contributed by atoms with Crippen molar-refractivity contribution < 1.29 is 4.79 Å². The Labute approximate surface area is 177 Å². The van der Waals surface area contributed by atoms with Crippen LogP contribution in [0.3, 0.4) is 0 Å². The lowest BCUT2D eigenvalue weighted by Crippen LogP contribution is -2.35. The Morgan fingerprint density at radius 3 is 2.48 bits per heavy atom. The summed E-state index contributed by atoms with van der Waals surface area (Å²) in [6, 6.07) is 17.5. The topological polar surface area (TPSA) is 89.8 Å². The molecule has 7 nitrogen and oxygen atoms in total. The number of rotatable bonds is 5. The SMILES string of the molecule is Cc1ccccc1-c1nn(-c2ccccc2)cc1/C=C/C(=O)c1c[nH]c(=O)n(C)c1=O. The van der Waals surface area contributed by atoms with Crippen LogP contribution >= 0.6 is 0 Å². The maximum atomic E-state index is 12.6. The molecule has 7 heteroatoms. The quantitative estimate of drug-likeness (QED) is 0.403. The summed E-state index contributed by atoms with van der Waals surface area (Å²) in [5, 5.41) is 4.75. The first-order valence-electron chi connectivity index (χ1n) is 9.68. The highest BCUT2D eigenvalue weighted by Crippen LogP contribution is 2.27. The minimum Gasteiger partial charge on any atom is -0.313 e. The number of benzene rings is 2. The number of carbonyl (C=O) groups is 1. The van der Waals surface area contributed by atoms with Gasteiger partial charge < -0.3 is 4.98 Å². The molecule has 0 fully saturated rings. The van der Waals surface area contributed by atoms with Crippen LogP contribution in [0.2, 0.25) is 0 Å². The van der Waals surface area contributed by atoms with Gasteiger partial charge >= 0.3 is 5.69 Å². The van der Waals surface area contributed by atoms with E-state index in [1.165, 1.54) is 13.1 Å². The number of aromatic amines is 1. The smallest absolute Gasteiger partial charge is 0.313 e. The molecule has 0 bridgehead atoms. The molecule has 0 unspecified atom stereocenters. The normalized spacial score (nSPS) is 11.2. The molecule has 2 aromatic heterocycles. The molecule has 0 aliphatic heterocycles. The van der Waals surface area contributed by atoms with Crippen molar-refractivity contribution >= 4 is 11.9 Å². The molecule has 31 heavy (non-hydrogen) atoms. The van der Waals surface area contributed by atoms with Crippen LogP contribution in [0, 0.1) is 6.92 Å². The fourth-order valence-electron chi connectivity index (χ4n) is 3.27. The van der Waals surface area contributed by atoms with Crippen molar-refractivity contribution in [3.63, 3.8) is 0 Å². The molecular formula is C24H20N4O3. The van der Waals surface area contributed by atoms with Crippen LogP contribution in [0.4, 0.5) is 0 Å². The molecule has 4 aromatic rings. The Morgan fingerprint density at radius 2 is 1.74 bits per heavy atom. The van der Waals surface area contributed by atoms with Crippen LogP contribution in [0.15, 0.2) is 82.7 Å². The van der Waals surface area contributed by atoms with Crippen molar-refractivity contribution in [1.29, 1.82) is 0 Å². The lowest BCUT2D eigenvalue weighted by Gasteiger charge is -2.04. The first-order valence-corrected chi connectivity index (χ1v) is 9.68. The largest absolute Gasteiger partial charge is 0.328 e. The molecule has 0 radical (unpaired) electrons. The van der Waals surface area contributed by atoms with E-state index in [2.05, 4.69) is 4.98 Å². The zero-order valence-corrected chi connectivity index (χ0v) is 17.1. The molecule has 2 aromatic carbocycles. The predicted molar refractivity (Wildman–Crippen MR) is 119 cm³/mol. The zero-order valence-electron chi connectivity index (χ0n) is 17.1. The van der Waals surface area contributed by atoms with E-state index in [4.69, 9.17) is 5.10 Å². The van der Waals surface area contributed by atoms with E-state index in [9.17, 15) is 14.4 Å². The number of allylic oxidation sites excluding steroid dienone is 1. The lowest BCUT2D eigenvalue weighted by atomic mass is 10.0. The van der Waals surface area contributed by atoms with E-state index >= 15 is 0 Å². The summed E-state index contributed by atoms with van der Waals surface area (Å²) in [5.74, 6) is -0.500. The molecule has 0 amide bonds. The average Bonchev–Trinajstić information content (AvgIpc) is 3.21. The third-order valence-electron chi connectivity index (χ3n) is 5.02. The summed E-state index contributed by atoms with van der Waals surface area (Å²) < 4.78 is 2.62. The standard InChI is InChI=1S/C24H20N4O3/c1-16-8-6-7-11-19(16)22-17(15-28(26-22)18-9-4-3-5-10-18)12-13-21(29)20-14-25-24(31)27(2)23(20)30/h3-15H,1-2H3,(H,25,31)/b13-12+. The lowest BCUT2D eigenvalue weighted by molar-refractivity contribution is 0.104. The summed E-state index contributed by atoms with van der Waals surface area (Å²) in [5.41, 5.74) is 3.02. The summed E-state index contributed by atoms with van der Waals surface area (Å²) in [6.07, 6.45) is 5.95. The van der Waals surface area contributed by atoms with Gasteiger partial charge in [0.15, 0.2) is 5.78 Å². The number of hydrogen-bond donors (Lipinski definition) is 1. The maximum Gasteiger partial charge on any atom is 0.328 e. The first kappa shape index (κ1) is 20.0. The molecule has 2 heterocycles. The number of para-hydroxylation sites is 1. The van der Waals surface area contributed by atoms with Crippen molar-refractivity contribution in [3.05, 3.63) is 111 Å². The molecule has 4 rings (SSSR count). The van der Waals surface area contributed by atoms with Gasteiger partial charge in [0, 0.05) is 30.6 Å². The average molecular weight is 412 g/mol. The third kappa shape index (κ3) is 3.93. The van der Waals surface area contributed by atoms with Crippen LogP contribution in [-0.2, 0) is 7.05 Å². The molecule has 0 atom stereocenters. The van der Waals surface area contributed by atoms with Crippen LogP contribution in [0.25, 0.3) is 23.0 Å². The molecule has 0 saturated carbocycles. The van der Waals surface area contributed by atoms with Crippen molar-refractivity contribution in [1.82, 2.24) is 19.3 Å². The number of carbonyl (C=O) groups excluding carboxylic acids is 1. The van der Waals surface area contributed by atoms with Gasteiger partial charge in [-0.05, 0) is 36.8 Å². The molecule has 0 aliphatic rings. The highest BCUT2D eigenvalue weighted by molar-refractivity contribution is 6.06. The van der Waals surface area contributed by atoms with Gasteiger partial charge in [-0.2, -0.15) is 5.10 Å². The highest BCUT2D eigenvalue weighted by Gasteiger charge is 2.14. The molecular weight excluding hydrogens is 392 g/mol. The summed E-state index contributed by atoms with van der Waals surface area (Å²) in [6.45, 7) is 2.00. The van der Waals surface area contributed by atoms with Gasteiger partial charge in [0.05, 0.1) is 5.69 Å². The monoisotopic (exact) mass is 412 g/mol. The van der Waals surface area contributed by atoms with Gasteiger partial charge in [0.1, 0.15) is 11.3 Å². The predicted octanol–water partition coefficient (Wildman–Crippen LogP) is 3.13. The van der Waals surface area contributed by atoms with Crippen molar-refractivity contribution in [3.8, 4) is 16.9 Å². The maximum absolute atomic E-state index is 12.6. The minimum absolute atomic E-state index is 0.105. The van der Waals surface area contributed by atoms with Gasteiger partial charge in [-0.3, -0.25) is 14.2 Å². The summed E-state index contributed by atoms with van der Waals surface area (Å²) in [4.78, 5) is 38.8. The van der Waals surface area contributed by atoms with Gasteiger partial charge in [-0.15, -0.1) is 0 Å². The highest BCUT2D eigenvalue weighted by atomic mass is 16.2. The van der Waals surface area contributed by atoms with Crippen LogP contribution < -0.4 is 11.2 Å². The Balaban J connectivity index is 1.78.